The monoisotopic (exact) mass is 246 g/mol. The number of benzene rings is 1. The minimum absolute atomic E-state index is 0.169. The molecule has 1 aromatic rings. The first kappa shape index (κ1) is 12.7. The third-order valence-electron chi connectivity index (χ3n) is 3.18. The molecule has 0 unspecified atom stereocenters. The lowest BCUT2D eigenvalue weighted by atomic mass is 9.99. The number of nitrogens with one attached hydrogen (secondary N) is 1. The molecule has 1 aliphatic rings. The molecule has 0 aromatic heterocycles. The highest BCUT2D eigenvalue weighted by Gasteiger charge is 2.22. The second-order valence-corrected chi connectivity index (χ2v) is 4.45. The molecule has 0 saturated carbocycles. The molecule has 4 nitrogen and oxygen atoms in total. The summed E-state index contributed by atoms with van der Waals surface area (Å²) < 4.78 is 5.44. The Morgan fingerprint density at radius 3 is 3.00 bits per heavy atom. The van der Waals surface area contributed by atoms with Crippen LogP contribution in [0.3, 0.4) is 0 Å². The van der Waals surface area contributed by atoms with E-state index in [0.717, 1.165) is 30.5 Å². The van der Waals surface area contributed by atoms with Crippen LogP contribution in [0.15, 0.2) is 12.1 Å². The zero-order valence-corrected chi connectivity index (χ0v) is 10.6. The summed E-state index contributed by atoms with van der Waals surface area (Å²) in [5, 5.41) is 22.4. The van der Waals surface area contributed by atoms with E-state index in [1.54, 1.807) is 6.07 Å². The minimum atomic E-state index is 0.169. The van der Waals surface area contributed by atoms with Crippen molar-refractivity contribution >= 4 is 0 Å². The summed E-state index contributed by atoms with van der Waals surface area (Å²) >= 11 is 0. The van der Waals surface area contributed by atoms with Crippen LogP contribution in [0.5, 0.6) is 11.5 Å². The Hall–Kier alpha value is -1.73. The van der Waals surface area contributed by atoms with Crippen LogP contribution < -0.4 is 10.1 Å². The van der Waals surface area contributed by atoms with Crippen molar-refractivity contribution < 1.29 is 9.84 Å². The number of nitrogens with zero attached hydrogens (tertiary/aromatic N) is 1. The van der Waals surface area contributed by atoms with Gasteiger partial charge in [-0.05, 0) is 44.0 Å². The highest BCUT2D eigenvalue weighted by Crippen LogP contribution is 2.38. The van der Waals surface area contributed by atoms with Crippen molar-refractivity contribution in [2.45, 2.75) is 32.2 Å². The number of rotatable bonds is 4. The van der Waals surface area contributed by atoms with E-state index in [1.165, 1.54) is 0 Å². The second kappa shape index (κ2) is 5.74. The molecular weight excluding hydrogens is 228 g/mol. The van der Waals surface area contributed by atoms with Gasteiger partial charge in [0.15, 0.2) is 11.5 Å². The average molecular weight is 246 g/mol. The summed E-state index contributed by atoms with van der Waals surface area (Å²) in [6, 6.07) is 5.96. The van der Waals surface area contributed by atoms with Gasteiger partial charge in [0.1, 0.15) is 0 Å². The molecule has 1 aliphatic heterocycles. The van der Waals surface area contributed by atoms with Gasteiger partial charge in [-0.3, -0.25) is 0 Å². The molecule has 0 aliphatic carbocycles. The fraction of sp³-hybridized carbons (Fsp3) is 0.500. The van der Waals surface area contributed by atoms with Crippen molar-refractivity contribution in [3.05, 3.63) is 23.3 Å². The molecular formula is C14H18N2O2. The first-order chi connectivity index (χ1) is 8.76. The first-order valence-corrected chi connectivity index (χ1v) is 6.35. The lowest BCUT2D eigenvalue weighted by Gasteiger charge is -2.17. The molecule has 0 radical (unpaired) electrons. The van der Waals surface area contributed by atoms with Crippen LogP contribution in [0.25, 0.3) is 0 Å². The van der Waals surface area contributed by atoms with Crippen molar-refractivity contribution in [1.82, 2.24) is 5.32 Å². The molecule has 1 atom stereocenters. The van der Waals surface area contributed by atoms with Gasteiger partial charge in [0.2, 0.25) is 0 Å². The first-order valence-electron chi connectivity index (χ1n) is 6.35. The SMILES string of the molecule is CCOc1cc(CC#N)cc([C@@H]2CCCN2)c1O. The van der Waals surface area contributed by atoms with Crippen LogP contribution in [-0.2, 0) is 6.42 Å². The fourth-order valence-corrected chi connectivity index (χ4v) is 2.36. The molecule has 1 aromatic carbocycles. The van der Waals surface area contributed by atoms with E-state index in [1.807, 2.05) is 13.0 Å². The zero-order valence-electron chi connectivity index (χ0n) is 10.6. The van der Waals surface area contributed by atoms with Gasteiger partial charge in [0.25, 0.3) is 0 Å². The summed E-state index contributed by atoms with van der Waals surface area (Å²) in [6.45, 7) is 3.35. The predicted octanol–water partition coefficient (Wildman–Crippen LogP) is 2.28. The Bertz CT molecular complexity index is 460. The maximum Gasteiger partial charge on any atom is 0.162 e. The van der Waals surface area contributed by atoms with Crippen LogP contribution in [0.2, 0.25) is 0 Å². The van der Waals surface area contributed by atoms with Crippen molar-refractivity contribution in [3.8, 4) is 17.6 Å². The van der Waals surface area contributed by atoms with Crippen LogP contribution in [0, 0.1) is 11.3 Å². The maximum absolute atomic E-state index is 10.2. The molecule has 1 fully saturated rings. The Morgan fingerprint density at radius 1 is 1.56 bits per heavy atom. The second-order valence-electron chi connectivity index (χ2n) is 4.45. The van der Waals surface area contributed by atoms with Gasteiger partial charge in [0, 0.05) is 11.6 Å². The standard InChI is InChI=1S/C14H18N2O2/c1-2-18-13-9-10(5-6-15)8-11(14(13)17)12-4-3-7-16-12/h8-9,12,16-17H,2-5,7H2,1H3/t12-/m0/s1. The fourth-order valence-electron chi connectivity index (χ4n) is 2.36. The summed E-state index contributed by atoms with van der Waals surface area (Å²) in [7, 11) is 0. The van der Waals surface area contributed by atoms with Crippen molar-refractivity contribution in [1.29, 1.82) is 5.26 Å². The van der Waals surface area contributed by atoms with Crippen LogP contribution in [-0.4, -0.2) is 18.3 Å². The van der Waals surface area contributed by atoms with Gasteiger partial charge in [-0.15, -0.1) is 0 Å². The normalized spacial score (nSPS) is 18.6. The van der Waals surface area contributed by atoms with E-state index in [9.17, 15) is 5.11 Å². The number of aromatic hydroxyl groups is 1. The Kier molecular flexibility index (Phi) is 4.06. The Morgan fingerprint density at radius 2 is 2.39 bits per heavy atom. The summed E-state index contributed by atoms with van der Waals surface area (Å²) in [6.07, 6.45) is 2.45. The van der Waals surface area contributed by atoms with Crippen molar-refractivity contribution in [2.75, 3.05) is 13.2 Å². The number of ether oxygens (including phenoxy) is 1. The molecule has 18 heavy (non-hydrogen) atoms. The smallest absolute Gasteiger partial charge is 0.162 e. The van der Waals surface area contributed by atoms with Crippen molar-refractivity contribution in [3.63, 3.8) is 0 Å². The molecule has 1 saturated heterocycles. The van der Waals surface area contributed by atoms with E-state index < -0.39 is 0 Å². The zero-order chi connectivity index (χ0) is 13.0. The van der Waals surface area contributed by atoms with Crippen LogP contribution in [0.4, 0.5) is 0 Å². The third-order valence-corrected chi connectivity index (χ3v) is 3.18. The average Bonchev–Trinajstić information content (AvgIpc) is 2.87. The summed E-state index contributed by atoms with van der Waals surface area (Å²) in [4.78, 5) is 0. The van der Waals surface area contributed by atoms with Gasteiger partial charge >= 0.3 is 0 Å². The third kappa shape index (κ3) is 2.57. The quantitative estimate of drug-likeness (QED) is 0.855. The molecule has 0 spiro atoms. The number of nitriles is 1. The molecule has 2 rings (SSSR count). The highest BCUT2D eigenvalue weighted by molar-refractivity contribution is 5.50. The molecule has 1 heterocycles. The van der Waals surface area contributed by atoms with E-state index in [4.69, 9.17) is 10.00 Å². The van der Waals surface area contributed by atoms with Crippen LogP contribution in [0.1, 0.15) is 36.9 Å². The van der Waals surface area contributed by atoms with Gasteiger partial charge < -0.3 is 15.2 Å². The minimum Gasteiger partial charge on any atom is -0.504 e. The summed E-state index contributed by atoms with van der Waals surface area (Å²) in [5.74, 6) is 0.687. The van der Waals surface area contributed by atoms with E-state index in [0.29, 0.717) is 18.8 Å². The summed E-state index contributed by atoms with van der Waals surface area (Å²) in [5.41, 5.74) is 1.74. The molecule has 2 N–H and O–H groups in total. The molecule has 0 amide bonds. The topological polar surface area (TPSA) is 65.3 Å². The molecule has 0 bridgehead atoms. The van der Waals surface area contributed by atoms with Crippen molar-refractivity contribution in [2.24, 2.45) is 0 Å². The number of phenols is 1. The van der Waals surface area contributed by atoms with Gasteiger partial charge in [-0.25, -0.2) is 0 Å². The maximum atomic E-state index is 10.2. The van der Waals surface area contributed by atoms with E-state index >= 15 is 0 Å². The van der Waals surface area contributed by atoms with Gasteiger partial charge in [-0.1, -0.05) is 0 Å². The number of phenolic OH excluding ortho intramolecular Hbond substituents is 1. The molecule has 96 valence electrons. The van der Waals surface area contributed by atoms with E-state index in [2.05, 4.69) is 11.4 Å². The highest BCUT2D eigenvalue weighted by atomic mass is 16.5. The van der Waals surface area contributed by atoms with Gasteiger partial charge in [0.05, 0.1) is 19.1 Å². The molecule has 4 heteroatoms. The van der Waals surface area contributed by atoms with E-state index in [-0.39, 0.29) is 11.8 Å². The largest absolute Gasteiger partial charge is 0.504 e. The Labute approximate surface area is 107 Å². The lowest BCUT2D eigenvalue weighted by Crippen LogP contribution is -2.13. The van der Waals surface area contributed by atoms with Gasteiger partial charge in [-0.2, -0.15) is 5.26 Å². The number of hydrogen-bond acceptors (Lipinski definition) is 4. The Balaban J connectivity index is 2.39. The number of hydrogen-bond donors (Lipinski definition) is 2. The lowest BCUT2D eigenvalue weighted by molar-refractivity contribution is 0.315. The predicted molar refractivity (Wildman–Crippen MR) is 68.6 cm³/mol. The van der Waals surface area contributed by atoms with Crippen LogP contribution >= 0.6 is 0 Å².